The van der Waals surface area contributed by atoms with Gasteiger partial charge in [-0.2, -0.15) is 5.26 Å². The number of pyridine rings is 1. The number of anilines is 3. The summed E-state index contributed by atoms with van der Waals surface area (Å²) in [5, 5.41) is 14.8. The van der Waals surface area contributed by atoms with Crippen LogP contribution in [-0.4, -0.2) is 55.1 Å². The molecule has 47 heavy (non-hydrogen) atoms. The molecule has 2 saturated heterocycles. The zero-order valence-corrected chi connectivity index (χ0v) is 28.5. The highest BCUT2D eigenvalue weighted by Gasteiger charge is 2.25. The van der Waals surface area contributed by atoms with Gasteiger partial charge in [0.2, 0.25) is 5.91 Å². The van der Waals surface area contributed by atoms with Gasteiger partial charge in [0.1, 0.15) is 30.3 Å². The highest BCUT2D eigenvalue weighted by molar-refractivity contribution is 9.10. The Bertz CT molecular complexity index is 1840. The number of amides is 1. The summed E-state index contributed by atoms with van der Waals surface area (Å²) in [5.74, 6) is 0.918. The molecule has 0 unspecified atom stereocenters. The summed E-state index contributed by atoms with van der Waals surface area (Å²) < 4.78 is 13.7. The van der Waals surface area contributed by atoms with Gasteiger partial charge in [0, 0.05) is 60.1 Å². The number of piperidine rings is 2. The summed E-state index contributed by atoms with van der Waals surface area (Å²) in [4.78, 5) is 20.8. The zero-order chi connectivity index (χ0) is 32.9. The van der Waals surface area contributed by atoms with Gasteiger partial charge in [-0.3, -0.25) is 9.78 Å². The fourth-order valence-corrected chi connectivity index (χ4v) is 6.51. The number of rotatable bonds is 9. The molecule has 0 bridgehead atoms. The maximum absolute atomic E-state index is 11.5. The molecule has 2 fully saturated rings. The number of carbonyl (C=O) groups is 1. The van der Waals surface area contributed by atoms with Crippen molar-refractivity contribution in [3.8, 4) is 17.6 Å². The molecule has 242 valence electrons. The number of ether oxygens (including phenoxy) is 2. The average molecular weight is 716 g/mol. The number of aromatic nitrogens is 1. The van der Waals surface area contributed by atoms with Crippen molar-refractivity contribution < 1.29 is 14.3 Å². The van der Waals surface area contributed by atoms with Crippen LogP contribution in [0.15, 0.2) is 76.9 Å². The molecule has 0 spiro atoms. The first-order valence-corrected chi connectivity index (χ1v) is 16.8. The monoisotopic (exact) mass is 714 g/mol. The molecule has 3 aromatic carbocycles. The van der Waals surface area contributed by atoms with Gasteiger partial charge in [-0.1, -0.05) is 45.2 Å². The minimum absolute atomic E-state index is 0.0973. The standard InChI is InChI=1S/C36H36BrClN6O3/c1-43-12-10-28(11-13-43)47-34-19-31-29(18-32(34)44-14-8-23(9-15-44)16-35(40)45)36(25(20-39)21-41-31)42-27-6-7-33(30(38)17-27)46-22-24-2-4-26(37)5-3-24/h2-7,16-19,21,28H,8-15,22H2,1H3,(H2,40,45)(H,41,42). The molecule has 0 saturated carbocycles. The van der Waals surface area contributed by atoms with Crippen LogP contribution in [0.25, 0.3) is 10.9 Å². The fourth-order valence-electron chi connectivity index (χ4n) is 6.01. The van der Waals surface area contributed by atoms with E-state index in [0.717, 1.165) is 71.2 Å². The van der Waals surface area contributed by atoms with Crippen molar-refractivity contribution in [2.45, 2.75) is 38.4 Å². The number of hydrogen-bond donors (Lipinski definition) is 2. The number of benzene rings is 3. The van der Waals surface area contributed by atoms with Crippen LogP contribution in [0.1, 0.15) is 36.8 Å². The maximum atomic E-state index is 11.5. The summed E-state index contributed by atoms with van der Waals surface area (Å²) in [6, 6.07) is 19.8. The summed E-state index contributed by atoms with van der Waals surface area (Å²) in [5.41, 5.74) is 10.9. The van der Waals surface area contributed by atoms with Crippen LogP contribution in [0.2, 0.25) is 5.02 Å². The first-order valence-electron chi connectivity index (χ1n) is 15.7. The van der Waals surface area contributed by atoms with Crippen LogP contribution in [0, 0.1) is 11.3 Å². The van der Waals surface area contributed by atoms with Crippen molar-refractivity contribution in [1.82, 2.24) is 9.88 Å². The topological polar surface area (TPSA) is 117 Å². The molecule has 1 aromatic heterocycles. The van der Waals surface area contributed by atoms with Crippen molar-refractivity contribution in [2.75, 3.05) is 43.4 Å². The minimum atomic E-state index is -0.416. The van der Waals surface area contributed by atoms with Gasteiger partial charge < -0.3 is 30.3 Å². The third kappa shape index (κ3) is 7.99. The molecule has 3 heterocycles. The van der Waals surface area contributed by atoms with Crippen molar-refractivity contribution in [1.29, 1.82) is 5.26 Å². The number of nitrogens with zero attached hydrogens (tertiary/aromatic N) is 4. The Labute approximate surface area is 288 Å². The summed E-state index contributed by atoms with van der Waals surface area (Å²) in [6.07, 6.45) is 6.56. The maximum Gasteiger partial charge on any atom is 0.241 e. The Morgan fingerprint density at radius 2 is 1.85 bits per heavy atom. The number of hydrogen-bond acceptors (Lipinski definition) is 8. The third-order valence-corrected chi connectivity index (χ3v) is 9.45. The largest absolute Gasteiger partial charge is 0.488 e. The molecular formula is C36H36BrClN6O3. The lowest BCUT2D eigenvalue weighted by atomic mass is 10.0. The molecule has 0 aliphatic carbocycles. The second-order valence-electron chi connectivity index (χ2n) is 12.0. The van der Waals surface area contributed by atoms with E-state index in [1.54, 1.807) is 18.3 Å². The van der Waals surface area contributed by atoms with E-state index in [1.165, 1.54) is 0 Å². The number of carbonyl (C=O) groups excluding carboxylic acids is 1. The van der Waals surface area contributed by atoms with E-state index in [4.69, 9.17) is 26.8 Å². The Morgan fingerprint density at radius 1 is 1.11 bits per heavy atom. The van der Waals surface area contributed by atoms with E-state index < -0.39 is 5.91 Å². The number of halogens is 2. The third-order valence-electron chi connectivity index (χ3n) is 8.63. The average Bonchev–Trinajstić information content (AvgIpc) is 3.06. The lowest BCUT2D eigenvalue weighted by Gasteiger charge is -2.34. The van der Waals surface area contributed by atoms with Crippen LogP contribution in [0.5, 0.6) is 11.5 Å². The van der Waals surface area contributed by atoms with Crippen molar-refractivity contribution in [2.24, 2.45) is 5.73 Å². The number of nitrogens with two attached hydrogens (primary N) is 1. The molecule has 1 amide bonds. The molecule has 4 aromatic rings. The van der Waals surface area contributed by atoms with E-state index in [0.29, 0.717) is 52.9 Å². The number of nitrogens with one attached hydrogen (secondary N) is 1. The number of fused-ring (bicyclic) bond motifs is 1. The normalized spacial score (nSPS) is 15.7. The minimum Gasteiger partial charge on any atom is -0.488 e. The smallest absolute Gasteiger partial charge is 0.241 e. The van der Waals surface area contributed by atoms with Gasteiger partial charge in [0.05, 0.1) is 27.5 Å². The molecular weight excluding hydrogens is 680 g/mol. The molecule has 3 N–H and O–H groups in total. The van der Waals surface area contributed by atoms with Crippen molar-refractivity contribution >= 4 is 61.4 Å². The van der Waals surface area contributed by atoms with Crippen LogP contribution < -0.4 is 25.4 Å². The fraction of sp³-hybridized carbons (Fsp3) is 0.306. The first-order chi connectivity index (χ1) is 22.7. The van der Waals surface area contributed by atoms with Gasteiger partial charge in [-0.25, -0.2) is 0 Å². The quantitative estimate of drug-likeness (QED) is 0.173. The number of likely N-dealkylation sites (tertiary alicyclic amines) is 1. The van der Waals surface area contributed by atoms with E-state index in [9.17, 15) is 10.1 Å². The Hall–Kier alpha value is -4.30. The van der Waals surface area contributed by atoms with E-state index >= 15 is 0 Å². The van der Waals surface area contributed by atoms with Gasteiger partial charge in [-0.15, -0.1) is 0 Å². The first kappa shape index (κ1) is 32.6. The molecule has 0 atom stereocenters. The molecule has 0 radical (unpaired) electrons. The van der Waals surface area contributed by atoms with Gasteiger partial charge >= 0.3 is 0 Å². The Balaban J connectivity index is 1.31. The highest BCUT2D eigenvalue weighted by Crippen LogP contribution is 2.41. The molecule has 2 aliphatic rings. The SMILES string of the molecule is CN1CCC(Oc2cc3ncc(C#N)c(Nc4ccc(OCc5ccc(Br)cc5)c(Cl)c4)c3cc2N2CCC(=CC(N)=O)CC2)CC1. The van der Waals surface area contributed by atoms with Crippen LogP contribution in [0.3, 0.4) is 0 Å². The highest BCUT2D eigenvalue weighted by atomic mass is 79.9. The second kappa shape index (κ2) is 14.6. The van der Waals surface area contributed by atoms with E-state index in [-0.39, 0.29) is 6.10 Å². The molecule has 11 heteroatoms. The van der Waals surface area contributed by atoms with Crippen LogP contribution >= 0.6 is 27.5 Å². The molecule has 6 rings (SSSR count). The number of primary amides is 1. The Morgan fingerprint density at radius 3 is 2.53 bits per heavy atom. The Kier molecular flexibility index (Phi) is 10.2. The predicted molar refractivity (Wildman–Crippen MR) is 190 cm³/mol. The summed E-state index contributed by atoms with van der Waals surface area (Å²) in [6.45, 7) is 3.76. The predicted octanol–water partition coefficient (Wildman–Crippen LogP) is 7.33. The molecule has 2 aliphatic heterocycles. The van der Waals surface area contributed by atoms with Crippen molar-refractivity contribution in [3.63, 3.8) is 0 Å². The number of nitriles is 1. The van der Waals surface area contributed by atoms with Crippen LogP contribution in [0.4, 0.5) is 17.1 Å². The van der Waals surface area contributed by atoms with Crippen LogP contribution in [-0.2, 0) is 11.4 Å². The zero-order valence-electron chi connectivity index (χ0n) is 26.1. The van der Waals surface area contributed by atoms with E-state index in [1.807, 2.05) is 42.5 Å². The lowest BCUT2D eigenvalue weighted by Crippen LogP contribution is -2.36. The lowest BCUT2D eigenvalue weighted by molar-refractivity contribution is -0.113. The molecule has 9 nitrogen and oxygen atoms in total. The second-order valence-corrected chi connectivity index (χ2v) is 13.3. The summed E-state index contributed by atoms with van der Waals surface area (Å²) in [7, 11) is 2.13. The van der Waals surface area contributed by atoms with E-state index in [2.05, 4.69) is 55.2 Å². The summed E-state index contributed by atoms with van der Waals surface area (Å²) >= 11 is 10.1. The van der Waals surface area contributed by atoms with Gasteiger partial charge in [-0.05, 0) is 74.7 Å². The van der Waals surface area contributed by atoms with Gasteiger partial charge in [0.25, 0.3) is 0 Å². The van der Waals surface area contributed by atoms with Crippen molar-refractivity contribution in [3.05, 3.63) is 93.1 Å². The van der Waals surface area contributed by atoms with Gasteiger partial charge in [0.15, 0.2) is 0 Å².